The van der Waals surface area contributed by atoms with E-state index in [1.165, 1.54) is 4.57 Å². The molecule has 0 bridgehead atoms. The van der Waals surface area contributed by atoms with Gasteiger partial charge in [0.25, 0.3) is 5.56 Å². The largest absolute Gasteiger partial charge is 0.328 e. The maximum Gasteiger partial charge on any atom is 0.328 e. The molecule has 3 N–H and O–H groups in total. The number of nitrogens with one attached hydrogen (secondary N) is 1. The highest BCUT2D eigenvalue weighted by Crippen LogP contribution is 2.13. The van der Waals surface area contributed by atoms with Crippen LogP contribution in [0, 0.1) is 0 Å². The summed E-state index contributed by atoms with van der Waals surface area (Å²) in [6.45, 7) is 4.00. The summed E-state index contributed by atoms with van der Waals surface area (Å²) in [7, 11) is 1.63. The van der Waals surface area contributed by atoms with Crippen LogP contribution in [0.4, 0.5) is 0 Å². The Balaban J connectivity index is 3.65. The van der Waals surface area contributed by atoms with Crippen LogP contribution in [-0.2, 0) is 13.6 Å². The lowest BCUT2D eigenvalue weighted by atomic mass is 10.0. The number of nitrogens with zero attached hydrogens (tertiary/aromatic N) is 1. The fourth-order valence-corrected chi connectivity index (χ4v) is 1.62. The molecule has 5 nitrogen and oxygen atoms in total. The fourth-order valence-electron chi connectivity index (χ4n) is 1.62. The molecule has 14 heavy (non-hydrogen) atoms. The molecule has 0 aliphatic heterocycles. The molecular formula is C9H15N3O2. The summed E-state index contributed by atoms with van der Waals surface area (Å²) in [5, 5.41) is 0. The van der Waals surface area contributed by atoms with Crippen LogP contribution in [0.15, 0.2) is 9.59 Å². The van der Waals surface area contributed by atoms with Crippen LogP contribution >= 0.6 is 0 Å². The molecule has 0 aromatic carbocycles. The molecule has 1 rings (SSSR count). The Morgan fingerprint density at radius 2 is 2.00 bits per heavy atom. The smallest absolute Gasteiger partial charge is 0.326 e. The van der Waals surface area contributed by atoms with Gasteiger partial charge in [0, 0.05) is 19.3 Å². The predicted octanol–water partition coefficient (Wildman–Crippen LogP) is -0.344. The Morgan fingerprint density at radius 1 is 1.43 bits per heavy atom. The molecule has 0 aliphatic carbocycles. The average Bonchev–Trinajstić information content (AvgIpc) is 2.10. The standard InChI is InChI=1S/C9H15N3O2/c1-5(2)7-6(4-10)8(13)11-9(14)12(7)3/h5H,4,10H2,1-3H3,(H,11,13,14). The van der Waals surface area contributed by atoms with Crippen molar-refractivity contribution < 1.29 is 0 Å². The van der Waals surface area contributed by atoms with E-state index in [4.69, 9.17) is 5.73 Å². The van der Waals surface area contributed by atoms with E-state index >= 15 is 0 Å². The van der Waals surface area contributed by atoms with Gasteiger partial charge in [-0.1, -0.05) is 13.8 Å². The van der Waals surface area contributed by atoms with E-state index in [0.29, 0.717) is 11.3 Å². The summed E-state index contributed by atoms with van der Waals surface area (Å²) in [5.41, 5.74) is 5.90. The second-order valence-electron chi connectivity index (χ2n) is 3.54. The third-order valence-electron chi connectivity index (χ3n) is 2.22. The normalized spacial score (nSPS) is 10.9. The number of nitrogens with two attached hydrogens (primary N) is 1. The Hall–Kier alpha value is -1.36. The first-order valence-electron chi connectivity index (χ1n) is 4.51. The summed E-state index contributed by atoms with van der Waals surface area (Å²) < 4.78 is 1.44. The first-order valence-corrected chi connectivity index (χ1v) is 4.51. The Labute approximate surface area is 81.6 Å². The van der Waals surface area contributed by atoms with Crippen LogP contribution in [0.5, 0.6) is 0 Å². The molecule has 1 aromatic heterocycles. The van der Waals surface area contributed by atoms with Crippen molar-refractivity contribution in [1.29, 1.82) is 0 Å². The molecule has 78 valence electrons. The maximum absolute atomic E-state index is 11.4. The number of aromatic nitrogens is 2. The van der Waals surface area contributed by atoms with Gasteiger partial charge < -0.3 is 10.3 Å². The molecule has 0 spiro atoms. The van der Waals surface area contributed by atoms with Gasteiger partial charge in [-0.3, -0.25) is 9.78 Å². The molecule has 0 saturated heterocycles. The van der Waals surface area contributed by atoms with Crippen molar-refractivity contribution in [2.45, 2.75) is 26.3 Å². The molecule has 5 heteroatoms. The quantitative estimate of drug-likeness (QED) is 0.680. The summed E-state index contributed by atoms with van der Waals surface area (Å²) in [5.74, 6) is 0.105. The first-order chi connectivity index (χ1) is 6.49. The van der Waals surface area contributed by atoms with E-state index in [9.17, 15) is 9.59 Å². The highest BCUT2D eigenvalue weighted by atomic mass is 16.2. The monoisotopic (exact) mass is 197 g/mol. The van der Waals surface area contributed by atoms with Crippen LogP contribution < -0.4 is 17.0 Å². The number of rotatable bonds is 2. The molecule has 0 amide bonds. The van der Waals surface area contributed by atoms with Crippen molar-refractivity contribution in [3.8, 4) is 0 Å². The minimum Gasteiger partial charge on any atom is -0.326 e. The molecule has 1 aromatic rings. The predicted molar refractivity (Wildman–Crippen MR) is 54.3 cm³/mol. The maximum atomic E-state index is 11.4. The third-order valence-corrected chi connectivity index (χ3v) is 2.22. The Morgan fingerprint density at radius 3 is 2.43 bits per heavy atom. The van der Waals surface area contributed by atoms with Crippen molar-refractivity contribution >= 4 is 0 Å². The minimum atomic E-state index is -0.393. The van der Waals surface area contributed by atoms with Gasteiger partial charge in [0.1, 0.15) is 0 Å². The summed E-state index contributed by atoms with van der Waals surface area (Å²) in [6, 6.07) is 0. The van der Waals surface area contributed by atoms with Crippen molar-refractivity contribution in [2.75, 3.05) is 0 Å². The zero-order valence-corrected chi connectivity index (χ0v) is 8.63. The van der Waals surface area contributed by atoms with Crippen LogP contribution in [0.1, 0.15) is 31.0 Å². The SMILES string of the molecule is CC(C)c1c(CN)c(=O)[nH]c(=O)n1C. The van der Waals surface area contributed by atoms with Crippen molar-refractivity contribution in [3.05, 3.63) is 32.1 Å². The minimum absolute atomic E-state index is 0.105. The van der Waals surface area contributed by atoms with Crippen molar-refractivity contribution in [3.63, 3.8) is 0 Å². The highest BCUT2D eigenvalue weighted by molar-refractivity contribution is 5.20. The van der Waals surface area contributed by atoms with E-state index in [-0.39, 0.29) is 18.0 Å². The topological polar surface area (TPSA) is 80.9 Å². The van der Waals surface area contributed by atoms with Gasteiger partial charge in [-0.05, 0) is 5.92 Å². The average molecular weight is 197 g/mol. The zero-order chi connectivity index (χ0) is 10.9. The van der Waals surface area contributed by atoms with Crippen LogP contribution in [0.25, 0.3) is 0 Å². The van der Waals surface area contributed by atoms with Crippen molar-refractivity contribution in [1.82, 2.24) is 9.55 Å². The van der Waals surface area contributed by atoms with Gasteiger partial charge in [-0.2, -0.15) is 0 Å². The Bertz CT molecular complexity index is 442. The summed E-state index contributed by atoms with van der Waals surface area (Å²) >= 11 is 0. The molecule has 0 atom stereocenters. The zero-order valence-electron chi connectivity index (χ0n) is 8.63. The third kappa shape index (κ3) is 1.63. The van der Waals surface area contributed by atoms with Gasteiger partial charge in [0.15, 0.2) is 0 Å². The molecule has 0 unspecified atom stereocenters. The number of hydrogen-bond acceptors (Lipinski definition) is 3. The lowest BCUT2D eigenvalue weighted by Gasteiger charge is -2.14. The Kier molecular flexibility index (Phi) is 2.90. The van der Waals surface area contributed by atoms with Crippen molar-refractivity contribution in [2.24, 2.45) is 12.8 Å². The molecular weight excluding hydrogens is 182 g/mol. The van der Waals surface area contributed by atoms with E-state index in [2.05, 4.69) is 4.98 Å². The molecule has 0 aliphatic rings. The lowest BCUT2D eigenvalue weighted by molar-refractivity contribution is 0.658. The number of H-pyrrole nitrogens is 1. The molecule has 0 radical (unpaired) electrons. The lowest BCUT2D eigenvalue weighted by Crippen LogP contribution is -2.35. The van der Waals surface area contributed by atoms with Gasteiger partial charge >= 0.3 is 5.69 Å². The number of aromatic amines is 1. The van der Waals surface area contributed by atoms with Gasteiger partial charge in [-0.15, -0.1) is 0 Å². The van der Waals surface area contributed by atoms with Crippen LogP contribution in [0.2, 0.25) is 0 Å². The van der Waals surface area contributed by atoms with Crippen LogP contribution in [-0.4, -0.2) is 9.55 Å². The van der Waals surface area contributed by atoms with Gasteiger partial charge in [0.2, 0.25) is 0 Å². The highest BCUT2D eigenvalue weighted by Gasteiger charge is 2.13. The van der Waals surface area contributed by atoms with E-state index < -0.39 is 5.69 Å². The summed E-state index contributed by atoms with van der Waals surface area (Å²) in [4.78, 5) is 24.9. The van der Waals surface area contributed by atoms with Gasteiger partial charge in [-0.25, -0.2) is 4.79 Å². The molecule has 0 fully saturated rings. The number of hydrogen-bond donors (Lipinski definition) is 2. The molecule has 1 heterocycles. The second kappa shape index (κ2) is 3.79. The van der Waals surface area contributed by atoms with Crippen LogP contribution in [0.3, 0.4) is 0 Å². The van der Waals surface area contributed by atoms with E-state index in [0.717, 1.165) is 0 Å². The summed E-state index contributed by atoms with van der Waals surface area (Å²) in [6.07, 6.45) is 0. The second-order valence-corrected chi connectivity index (χ2v) is 3.54. The van der Waals surface area contributed by atoms with E-state index in [1.807, 2.05) is 13.8 Å². The van der Waals surface area contributed by atoms with E-state index in [1.54, 1.807) is 7.05 Å². The first kappa shape index (κ1) is 10.7. The van der Waals surface area contributed by atoms with Gasteiger partial charge in [0.05, 0.1) is 5.56 Å². The molecule has 0 saturated carbocycles. The fraction of sp³-hybridized carbons (Fsp3) is 0.556.